The summed E-state index contributed by atoms with van der Waals surface area (Å²) in [4.78, 5) is 10.3. The number of furan rings is 2. The van der Waals surface area contributed by atoms with Crippen LogP contribution in [0.25, 0.3) is 66.1 Å². The third-order valence-corrected chi connectivity index (χ3v) is 9.58. The number of para-hydroxylation sites is 2. The predicted molar refractivity (Wildman–Crippen MR) is 204 cm³/mol. The minimum atomic E-state index is -0.413. The lowest BCUT2D eigenvalue weighted by molar-refractivity contribution is 0.663. The van der Waals surface area contributed by atoms with Gasteiger partial charge in [0.25, 0.3) is 0 Å². The molecule has 0 bridgehead atoms. The molecule has 1 N–H and O–H groups in total. The largest absolute Gasteiger partial charge is 0.456 e. The summed E-state index contributed by atoms with van der Waals surface area (Å²) in [6.45, 7) is 0. The van der Waals surface area contributed by atoms with Crippen molar-refractivity contribution < 1.29 is 8.83 Å². The number of hydrogen-bond donors (Lipinski definition) is 1. The van der Waals surface area contributed by atoms with Gasteiger partial charge in [0.2, 0.25) is 0 Å². The Hall–Kier alpha value is -6.72. The highest BCUT2D eigenvalue weighted by molar-refractivity contribution is 6.15. The van der Waals surface area contributed by atoms with Crippen LogP contribution in [0.15, 0.2) is 183 Å². The Labute approximate surface area is 287 Å². The SMILES string of the molecule is c1ccc(C2=NC(c3ccc(-c4ccc5oc6ccccc6c5c4)c4oc5ccccc5c34)NC(c3ccc(-c4ccccc4)cc3)=N2)cc1. The molecule has 1 aliphatic rings. The van der Waals surface area contributed by atoms with E-state index in [-0.39, 0.29) is 0 Å². The average Bonchev–Trinajstić information content (AvgIpc) is 3.77. The van der Waals surface area contributed by atoms with Crippen molar-refractivity contribution in [3.8, 4) is 22.3 Å². The van der Waals surface area contributed by atoms with Gasteiger partial charge in [-0.2, -0.15) is 0 Å². The van der Waals surface area contributed by atoms with E-state index in [4.69, 9.17) is 18.8 Å². The van der Waals surface area contributed by atoms with E-state index in [0.29, 0.717) is 5.84 Å². The predicted octanol–water partition coefficient (Wildman–Crippen LogP) is 11.3. The maximum absolute atomic E-state index is 6.70. The van der Waals surface area contributed by atoms with Gasteiger partial charge in [-0.1, -0.05) is 140 Å². The van der Waals surface area contributed by atoms with Gasteiger partial charge in [0.15, 0.2) is 5.84 Å². The molecule has 0 fully saturated rings. The van der Waals surface area contributed by atoms with E-state index in [1.807, 2.05) is 54.6 Å². The number of aliphatic imine (C=N–C) groups is 2. The molecule has 0 aliphatic carbocycles. The van der Waals surface area contributed by atoms with Crippen LogP contribution in [-0.2, 0) is 0 Å². The smallest absolute Gasteiger partial charge is 0.159 e. The molecule has 3 heterocycles. The molecule has 0 radical (unpaired) electrons. The van der Waals surface area contributed by atoms with Crippen LogP contribution in [0.5, 0.6) is 0 Å². The number of nitrogens with zero attached hydrogens (tertiary/aromatic N) is 2. The molecule has 0 saturated heterocycles. The fourth-order valence-corrected chi connectivity index (χ4v) is 7.13. The summed E-state index contributed by atoms with van der Waals surface area (Å²) in [5, 5.41) is 7.95. The summed E-state index contributed by atoms with van der Waals surface area (Å²) in [6.07, 6.45) is -0.413. The minimum Gasteiger partial charge on any atom is -0.456 e. The summed E-state index contributed by atoms with van der Waals surface area (Å²) in [7, 11) is 0. The van der Waals surface area contributed by atoms with Crippen LogP contribution < -0.4 is 5.32 Å². The molecular weight excluding hydrogens is 615 g/mol. The van der Waals surface area contributed by atoms with Gasteiger partial charge in [-0.3, -0.25) is 0 Å². The molecule has 236 valence electrons. The summed E-state index contributed by atoms with van der Waals surface area (Å²) < 4.78 is 12.8. The van der Waals surface area contributed by atoms with E-state index in [2.05, 4.69) is 115 Å². The van der Waals surface area contributed by atoms with Crippen molar-refractivity contribution in [2.24, 2.45) is 9.98 Å². The Balaban J connectivity index is 1.13. The molecule has 5 nitrogen and oxygen atoms in total. The number of amidine groups is 2. The monoisotopic (exact) mass is 643 g/mol. The second-order valence-corrected chi connectivity index (χ2v) is 12.6. The normalized spacial score (nSPS) is 14.6. The molecule has 0 amide bonds. The average molecular weight is 644 g/mol. The van der Waals surface area contributed by atoms with Crippen LogP contribution >= 0.6 is 0 Å². The van der Waals surface area contributed by atoms with Crippen LogP contribution in [-0.4, -0.2) is 11.7 Å². The van der Waals surface area contributed by atoms with Gasteiger partial charge in [-0.25, -0.2) is 9.98 Å². The Morgan fingerprint density at radius 2 is 1.06 bits per heavy atom. The van der Waals surface area contributed by atoms with Gasteiger partial charge in [-0.15, -0.1) is 0 Å². The van der Waals surface area contributed by atoms with Crippen molar-refractivity contribution in [2.45, 2.75) is 6.17 Å². The Morgan fingerprint density at radius 1 is 0.460 bits per heavy atom. The fraction of sp³-hybridized carbons (Fsp3) is 0.0222. The molecule has 2 aromatic heterocycles. The van der Waals surface area contributed by atoms with Gasteiger partial charge >= 0.3 is 0 Å². The lowest BCUT2D eigenvalue weighted by Crippen LogP contribution is -2.33. The molecule has 1 atom stereocenters. The lowest BCUT2D eigenvalue weighted by Gasteiger charge is -2.24. The topological polar surface area (TPSA) is 63.0 Å². The summed E-state index contributed by atoms with van der Waals surface area (Å²) in [6, 6.07) is 56.3. The van der Waals surface area contributed by atoms with Crippen LogP contribution in [0.3, 0.4) is 0 Å². The highest BCUT2D eigenvalue weighted by Crippen LogP contribution is 2.42. The van der Waals surface area contributed by atoms with Crippen LogP contribution in [0.2, 0.25) is 0 Å². The van der Waals surface area contributed by atoms with E-state index < -0.39 is 6.17 Å². The molecule has 0 spiro atoms. The molecule has 50 heavy (non-hydrogen) atoms. The Kier molecular flexibility index (Phi) is 6.49. The van der Waals surface area contributed by atoms with E-state index in [1.165, 1.54) is 5.56 Å². The van der Waals surface area contributed by atoms with Crippen molar-refractivity contribution in [2.75, 3.05) is 0 Å². The van der Waals surface area contributed by atoms with Gasteiger partial charge in [0.05, 0.1) is 0 Å². The zero-order valence-electron chi connectivity index (χ0n) is 26.9. The molecule has 10 rings (SSSR count). The number of benzene rings is 7. The summed E-state index contributed by atoms with van der Waals surface area (Å²) in [5.41, 5.74) is 10.8. The zero-order chi connectivity index (χ0) is 33.0. The quantitative estimate of drug-likeness (QED) is 0.203. The van der Waals surface area contributed by atoms with E-state index in [1.54, 1.807) is 0 Å². The first-order valence-corrected chi connectivity index (χ1v) is 16.8. The zero-order valence-corrected chi connectivity index (χ0v) is 26.9. The van der Waals surface area contributed by atoms with Crippen LogP contribution in [0, 0.1) is 0 Å². The van der Waals surface area contributed by atoms with E-state index in [0.717, 1.165) is 83.1 Å². The first-order valence-electron chi connectivity index (χ1n) is 16.8. The maximum atomic E-state index is 6.70. The van der Waals surface area contributed by atoms with Gasteiger partial charge in [-0.05, 0) is 41.0 Å². The molecular formula is C45H29N3O2. The number of nitrogens with one attached hydrogen (secondary N) is 1. The molecule has 9 aromatic rings. The second kappa shape index (κ2) is 11.5. The Bertz CT molecular complexity index is 2770. The highest BCUT2D eigenvalue weighted by Gasteiger charge is 2.26. The number of fused-ring (bicyclic) bond motifs is 6. The molecule has 1 unspecified atom stereocenters. The van der Waals surface area contributed by atoms with E-state index in [9.17, 15) is 0 Å². The molecule has 5 heteroatoms. The van der Waals surface area contributed by atoms with Crippen LogP contribution in [0.4, 0.5) is 0 Å². The summed E-state index contributed by atoms with van der Waals surface area (Å²) >= 11 is 0. The highest BCUT2D eigenvalue weighted by atomic mass is 16.3. The Morgan fingerprint density at radius 3 is 1.84 bits per heavy atom. The van der Waals surface area contributed by atoms with Gasteiger partial charge < -0.3 is 14.2 Å². The molecule has 7 aromatic carbocycles. The van der Waals surface area contributed by atoms with Crippen molar-refractivity contribution in [3.05, 3.63) is 180 Å². The summed E-state index contributed by atoms with van der Waals surface area (Å²) in [5.74, 6) is 1.45. The lowest BCUT2D eigenvalue weighted by atomic mass is 9.96. The van der Waals surface area contributed by atoms with Crippen molar-refractivity contribution in [1.29, 1.82) is 0 Å². The third kappa shape index (κ3) is 4.71. The molecule has 0 saturated carbocycles. The minimum absolute atomic E-state index is 0.413. The first kappa shape index (κ1) is 28.3. The van der Waals surface area contributed by atoms with Gasteiger partial charge in [0.1, 0.15) is 34.3 Å². The number of hydrogen-bond acceptors (Lipinski definition) is 5. The van der Waals surface area contributed by atoms with Crippen molar-refractivity contribution in [1.82, 2.24) is 5.32 Å². The molecule has 1 aliphatic heterocycles. The van der Waals surface area contributed by atoms with E-state index >= 15 is 0 Å². The van der Waals surface area contributed by atoms with Crippen LogP contribution in [0.1, 0.15) is 22.9 Å². The number of rotatable bonds is 5. The maximum Gasteiger partial charge on any atom is 0.159 e. The van der Waals surface area contributed by atoms with Gasteiger partial charge in [0, 0.05) is 43.8 Å². The third-order valence-electron chi connectivity index (χ3n) is 9.58. The fourth-order valence-electron chi connectivity index (χ4n) is 7.13. The van der Waals surface area contributed by atoms with Crippen molar-refractivity contribution >= 4 is 55.5 Å². The first-order chi connectivity index (χ1) is 24.8. The van der Waals surface area contributed by atoms with Crippen molar-refractivity contribution in [3.63, 3.8) is 0 Å². The second-order valence-electron chi connectivity index (χ2n) is 12.6. The standard InChI is InChI=1S/C45H29N3O2/c1-3-11-28(12-4-1)29-19-21-31(22-20-29)44-46-43(30-13-5-2-6-14-30)47-45(48-44)36-25-24-33(42-41(36)35-16-8-10-18-39(35)50-42)32-23-26-40-37(27-32)34-15-7-9-17-38(34)49-40/h1-27,45H,(H,46,47,48).